The molecule has 2 heterocycles. The van der Waals surface area contributed by atoms with Gasteiger partial charge in [0, 0.05) is 7.11 Å². The molecule has 4 N–H and O–H groups in total. The summed E-state index contributed by atoms with van der Waals surface area (Å²) in [6.07, 6.45) is -14.0. The molecule has 0 aromatic carbocycles. The van der Waals surface area contributed by atoms with Crippen LogP contribution in [-0.4, -0.2) is 110 Å². The molecule has 10 atom stereocenters. The molecule has 19 nitrogen and oxygen atoms in total. The molecule has 2 saturated heterocycles. The molecule has 2 fully saturated rings. The predicted octanol–water partition coefficient (Wildman–Crippen LogP) is -4.22. The monoisotopic (exact) mass is 592 g/mol. The van der Waals surface area contributed by atoms with Gasteiger partial charge in [0.15, 0.2) is 37.0 Å². The molecule has 0 aromatic rings. The summed E-state index contributed by atoms with van der Waals surface area (Å²) in [6, 6.07) is 0. The summed E-state index contributed by atoms with van der Waals surface area (Å²) in [5, 5.41) is 57.4. The van der Waals surface area contributed by atoms with E-state index in [-0.39, 0.29) is 24.6 Å². The van der Waals surface area contributed by atoms with Gasteiger partial charge in [-0.3, -0.25) is 23.0 Å². The van der Waals surface area contributed by atoms with E-state index in [0.29, 0.717) is 0 Å². The van der Waals surface area contributed by atoms with Crippen LogP contribution in [0.2, 0.25) is 0 Å². The first kappa shape index (κ1) is 32.2. The summed E-state index contributed by atoms with van der Waals surface area (Å²) in [7, 11) is -3.75. The van der Waals surface area contributed by atoms with Crippen LogP contribution in [0.15, 0.2) is 0 Å². The van der Waals surface area contributed by atoms with Gasteiger partial charge in [-0.1, -0.05) is 0 Å². The number of aliphatic hydroxyl groups is 3. The zero-order valence-corrected chi connectivity index (χ0v) is 20.8. The van der Waals surface area contributed by atoms with E-state index in [4.69, 9.17) is 31.9 Å². The molecule has 2 aliphatic rings. The highest BCUT2D eigenvalue weighted by atomic mass is 32.3. The Morgan fingerprint density at radius 3 is 2.06 bits per heavy atom. The maximum atomic E-state index is 11.1. The highest BCUT2D eigenvalue weighted by molar-refractivity contribution is 7.89. The number of ether oxygens (including phenoxy) is 4. The van der Waals surface area contributed by atoms with Crippen LogP contribution in [0.1, 0.15) is 6.92 Å². The van der Waals surface area contributed by atoms with Gasteiger partial charge in [-0.05, 0) is 6.92 Å². The summed E-state index contributed by atoms with van der Waals surface area (Å²) in [5.74, 6) is 0. The lowest BCUT2D eigenvalue weighted by molar-refractivity contribution is -0.778. The van der Waals surface area contributed by atoms with Crippen LogP contribution in [0.3, 0.4) is 0 Å². The van der Waals surface area contributed by atoms with Crippen molar-refractivity contribution in [1.82, 2.24) is 0 Å². The fraction of sp³-hybridized carbons (Fsp3) is 1.00. The highest BCUT2D eigenvalue weighted by Gasteiger charge is 2.52. The topological polar surface area (TPSA) is 263 Å². The Bertz CT molecular complexity index is 730. The molecule has 0 spiro atoms. The lowest BCUT2D eigenvalue weighted by Crippen LogP contribution is -2.64. The molecule has 4 unspecified atom stereocenters. The van der Waals surface area contributed by atoms with Gasteiger partial charge in [0.1, 0.15) is 42.7 Å². The van der Waals surface area contributed by atoms with E-state index in [2.05, 4.69) is 22.9 Å². The van der Waals surface area contributed by atoms with Gasteiger partial charge in [-0.15, -0.1) is 8.67 Å². The number of methoxy groups -OCH3 is 1. The SMILES string of the molecule is COC1[C@@H](O)C(CO)O[C@@H](O[C@H]2C(COS(=O)(=O)O)O[C@@H](C)[C@H](OSOO[O-])C2O)[C@@H]1OSOO[O-]. The third kappa shape index (κ3) is 9.02. The molecule has 22 heteroatoms. The molecule has 0 saturated carbocycles. The molecule has 2 aliphatic heterocycles. The molecule has 0 bridgehead atoms. The minimum atomic E-state index is -4.93. The number of hydrogen-bond donors (Lipinski definition) is 4. The molecule has 0 aromatic heterocycles. The first-order valence-corrected chi connectivity index (χ1v) is 12.4. The van der Waals surface area contributed by atoms with Gasteiger partial charge in [0.2, 0.25) is 0 Å². The van der Waals surface area contributed by atoms with Gasteiger partial charge in [-0.25, -0.2) is 4.18 Å². The van der Waals surface area contributed by atoms with Gasteiger partial charge in [0.05, 0.1) is 19.3 Å². The van der Waals surface area contributed by atoms with E-state index in [9.17, 15) is 34.3 Å². The number of aliphatic hydroxyl groups excluding tert-OH is 3. The van der Waals surface area contributed by atoms with Crippen molar-refractivity contribution in [3.8, 4) is 0 Å². The zero-order valence-electron chi connectivity index (χ0n) is 18.3. The highest BCUT2D eigenvalue weighted by Crippen LogP contribution is 2.34. The van der Waals surface area contributed by atoms with Crippen molar-refractivity contribution in [2.75, 3.05) is 20.3 Å². The maximum absolute atomic E-state index is 11.1. The van der Waals surface area contributed by atoms with E-state index in [0.717, 1.165) is 0 Å². The summed E-state index contributed by atoms with van der Waals surface area (Å²) < 4.78 is 75.9. The largest absolute Gasteiger partial charge is 0.691 e. The Labute approximate surface area is 212 Å². The predicted molar refractivity (Wildman–Crippen MR) is 105 cm³/mol. The fourth-order valence-corrected chi connectivity index (χ4v) is 4.60. The normalized spacial score (nSPS) is 37.8. The third-order valence-electron chi connectivity index (χ3n) is 5.05. The summed E-state index contributed by atoms with van der Waals surface area (Å²) in [4.78, 5) is 0. The summed E-state index contributed by atoms with van der Waals surface area (Å²) >= 11 is 0.0720. The van der Waals surface area contributed by atoms with Crippen LogP contribution in [0.5, 0.6) is 0 Å². The Hall–Kier alpha value is -0.0300. The van der Waals surface area contributed by atoms with Crippen LogP contribution < -0.4 is 10.5 Å². The molecule has 36 heavy (non-hydrogen) atoms. The first-order valence-electron chi connectivity index (χ1n) is 9.73. The van der Waals surface area contributed by atoms with Gasteiger partial charge < -0.3 is 44.8 Å². The zero-order chi connectivity index (χ0) is 26.9. The second-order valence-electron chi connectivity index (χ2n) is 7.13. The quantitative estimate of drug-likeness (QED) is 0.0461. The van der Waals surface area contributed by atoms with Crippen molar-refractivity contribution in [1.29, 1.82) is 0 Å². The lowest BCUT2D eigenvalue weighted by Gasteiger charge is -2.47. The van der Waals surface area contributed by atoms with Crippen LogP contribution in [0.4, 0.5) is 0 Å². The Balaban J connectivity index is 2.31. The maximum Gasteiger partial charge on any atom is 0.397 e. The van der Waals surface area contributed by atoms with Crippen LogP contribution in [0, 0.1) is 0 Å². The minimum absolute atomic E-state index is 0.0181. The second-order valence-corrected chi connectivity index (χ2v) is 9.15. The Kier molecular flexibility index (Phi) is 13.9. The molecule has 0 amide bonds. The summed E-state index contributed by atoms with van der Waals surface area (Å²) in [6.45, 7) is -0.168. The Morgan fingerprint density at radius 2 is 1.53 bits per heavy atom. The first-order chi connectivity index (χ1) is 17.1. The van der Waals surface area contributed by atoms with Crippen molar-refractivity contribution >= 4 is 35.0 Å². The number of hydrogen-bond acceptors (Lipinski definition) is 20. The third-order valence-corrected chi connectivity index (χ3v) is 6.30. The average Bonchev–Trinajstić information content (AvgIpc) is 2.82. The Morgan fingerprint density at radius 1 is 0.917 bits per heavy atom. The second kappa shape index (κ2) is 15.5. The molecular formula is C14H24O19S3-2. The summed E-state index contributed by atoms with van der Waals surface area (Å²) in [5.41, 5.74) is 0. The van der Waals surface area contributed by atoms with E-state index >= 15 is 0 Å². The average molecular weight is 593 g/mol. The van der Waals surface area contributed by atoms with Crippen LogP contribution >= 0.6 is 24.6 Å². The molecular weight excluding hydrogens is 568 g/mol. The van der Waals surface area contributed by atoms with E-state index in [1.165, 1.54) is 14.0 Å². The van der Waals surface area contributed by atoms with Gasteiger partial charge in [-0.2, -0.15) is 8.42 Å². The van der Waals surface area contributed by atoms with Crippen molar-refractivity contribution in [2.24, 2.45) is 0 Å². The minimum Gasteiger partial charge on any atom is -0.691 e. The van der Waals surface area contributed by atoms with Crippen molar-refractivity contribution in [3.05, 3.63) is 0 Å². The fourth-order valence-electron chi connectivity index (χ4n) is 3.53. The lowest BCUT2D eigenvalue weighted by atomic mass is 9.95. The molecule has 2 rings (SSSR count). The van der Waals surface area contributed by atoms with Crippen LogP contribution in [0.25, 0.3) is 0 Å². The molecule has 214 valence electrons. The van der Waals surface area contributed by atoms with Crippen molar-refractivity contribution in [2.45, 2.75) is 68.1 Å². The smallest absolute Gasteiger partial charge is 0.397 e. The standard InChI is InChI=1S/C14H26O19S3/c1-5-10(28-34-32-30-18)9(17)11(7(25-5)4-24-36(20,21)22)27-14-13(29-35-33-31-19)12(23-2)8(16)6(3-15)26-14/h5-19H,3-4H2,1-2H3,(H,20,21,22)/p-2/t5-,6?,7?,8-,9?,10-,11-,12?,13+,14-/m0/s1. The molecule has 0 radical (unpaired) electrons. The van der Waals surface area contributed by atoms with Gasteiger partial charge >= 0.3 is 10.4 Å². The van der Waals surface area contributed by atoms with Crippen molar-refractivity contribution < 1.29 is 89.0 Å². The van der Waals surface area contributed by atoms with E-state index < -0.39 is 84.8 Å². The number of rotatable bonds is 15. The molecule has 0 aliphatic carbocycles. The van der Waals surface area contributed by atoms with Crippen molar-refractivity contribution in [3.63, 3.8) is 0 Å². The van der Waals surface area contributed by atoms with Crippen LogP contribution in [-0.2, 0) is 60.6 Å². The van der Waals surface area contributed by atoms with E-state index in [1.54, 1.807) is 0 Å². The van der Waals surface area contributed by atoms with E-state index in [1.807, 2.05) is 0 Å². The van der Waals surface area contributed by atoms with Gasteiger partial charge in [0.25, 0.3) is 0 Å².